The smallest absolute Gasteiger partial charge is 0.271 e. The van der Waals surface area contributed by atoms with E-state index in [1.165, 1.54) is 12.4 Å². The Morgan fingerprint density at radius 3 is 2.82 bits per heavy atom. The van der Waals surface area contributed by atoms with Crippen molar-refractivity contribution in [3.8, 4) is 0 Å². The first-order valence-corrected chi connectivity index (χ1v) is 6.33. The summed E-state index contributed by atoms with van der Waals surface area (Å²) in [6, 6.07) is 0. The number of nitrogens with two attached hydrogens (primary N) is 1. The zero-order chi connectivity index (χ0) is 12.9. The normalized spacial score (nSPS) is 11.1. The number of hydrogen-bond acceptors (Lipinski definition) is 6. The number of nitrogens with zero attached hydrogens (tertiary/aromatic N) is 2. The minimum absolute atomic E-state index is 0.00713. The van der Waals surface area contributed by atoms with Gasteiger partial charge in [0, 0.05) is 11.3 Å². The van der Waals surface area contributed by atoms with Gasteiger partial charge in [0.1, 0.15) is 5.69 Å². The van der Waals surface area contributed by atoms with Crippen LogP contribution in [0.4, 0.5) is 5.82 Å². The summed E-state index contributed by atoms with van der Waals surface area (Å²) >= 11 is 1.69. The Kier molecular flexibility index (Phi) is 4.71. The zero-order valence-corrected chi connectivity index (χ0v) is 11.0. The Hall–Kier alpha value is -1.34. The van der Waals surface area contributed by atoms with Gasteiger partial charge in [-0.15, -0.1) is 0 Å². The Morgan fingerprint density at radius 2 is 2.24 bits per heavy atom. The monoisotopic (exact) mass is 255 g/mol. The van der Waals surface area contributed by atoms with E-state index in [9.17, 15) is 4.79 Å². The fraction of sp³-hybridized carbons (Fsp3) is 0.500. The zero-order valence-electron chi connectivity index (χ0n) is 10.2. The van der Waals surface area contributed by atoms with Crippen LogP contribution in [0, 0.1) is 0 Å². The fourth-order valence-electron chi connectivity index (χ4n) is 1.00. The number of hydrogen-bond donors (Lipinski definition) is 3. The van der Waals surface area contributed by atoms with E-state index in [1.807, 2.05) is 6.26 Å². The molecule has 1 heterocycles. The maximum Gasteiger partial charge on any atom is 0.271 e. The van der Waals surface area contributed by atoms with Gasteiger partial charge in [0.15, 0.2) is 5.82 Å². The maximum atomic E-state index is 11.8. The Balaban J connectivity index is 2.64. The minimum atomic E-state index is -0.253. The van der Waals surface area contributed by atoms with E-state index in [2.05, 4.69) is 34.6 Å². The highest BCUT2D eigenvalue weighted by atomic mass is 32.2. The van der Waals surface area contributed by atoms with Crippen LogP contribution in [0.3, 0.4) is 0 Å². The molecule has 7 heteroatoms. The van der Waals surface area contributed by atoms with Gasteiger partial charge in [0.25, 0.3) is 5.91 Å². The average molecular weight is 255 g/mol. The molecule has 0 atom stereocenters. The van der Waals surface area contributed by atoms with Gasteiger partial charge in [-0.1, -0.05) is 0 Å². The molecule has 0 fully saturated rings. The quantitative estimate of drug-likeness (QED) is 0.528. The summed E-state index contributed by atoms with van der Waals surface area (Å²) in [4.78, 5) is 19.7. The second kappa shape index (κ2) is 5.83. The van der Waals surface area contributed by atoms with E-state index in [0.717, 1.165) is 0 Å². The summed E-state index contributed by atoms with van der Waals surface area (Å²) in [6.07, 6.45) is 4.86. The van der Waals surface area contributed by atoms with Crippen LogP contribution in [0.15, 0.2) is 12.4 Å². The molecule has 0 saturated heterocycles. The maximum absolute atomic E-state index is 11.8. The Morgan fingerprint density at radius 1 is 1.53 bits per heavy atom. The standard InChI is InChI=1S/C10H17N5OS/c1-10(2,17-3)6-13-9(16)7-4-12-5-8(14-7)15-11/h4-5H,6,11H2,1-3H3,(H,13,16)(H,14,15). The lowest BCUT2D eigenvalue weighted by Gasteiger charge is -2.21. The molecule has 1 aromatic rings. The fourth-order valence-corrected chi connectivity index (χ4v) is 1.22. The second-order valence-electron chi connectivity index (χ2n) is 4.08. The minimum Gasteiger partial charge on any atom is -0.349 e. The van der Waals surface area contributed by atoms with Crippen molar-refractivity contribution in [3.63, 3.8) is 0 Å². The Labute approximate surface area is 105 Å². The van der Waals surface area contributed by atoms with E-state index in [4.69, 9.17) is 5.84 Å². The summed E-state index contributed by atoms with van der Waals surface area (Å²) < 4.78 is -0.00713. The molecule has 0 bridgehead atoms. The topological polar surface area (TPSA) is 92.9 Å². The molecule has 6 nitrogen and oxygen atoms in total. The van der Waals surface area contributed by atoms with Crippen LogP contribution in [0.2, 0.25) is 0 Å². The number of carbonyl (C=O) groups is 1. The largest absolute Gasteiger partial charge is 0.349 e. The van der Waals surface area contributed by atoms with E-state index in [0.29, 0.717) is 12.4 Å². The van der Waals surface area contributed by atoms with Crippen molar-refractivity contribution < 1.29 is 4.79 Å². The molecular weight excluding hydrogens is 238 g/mol. The van der Waals surface area contributed by atoms with Gasteiger partial charge >= 0.3 is 0 Å². The van der Waals surface area contributed by atoms with Gasteiger partial charge in [-0.05, 0) is 20.1 Å². The van der Waals surface area contributed by atoms with Gasteiger partial charge in [-0.2, -0.15) is 11.8 Å². The summed E-state index contributed by atoms with van der Waals surface area (Å²) in [5.74, 6) is 5.31. The molecule has 0 saturated carbocycles. The molecule has 1 aromatic heterocycles. The highest BCUT2D eigenvalue weighted by Gasteiger charge is 2.18. The third-order valence-corrected chi connectivity index (χ3v) is 3.49. The molecule has 17 heavy (non-hydrogen) atoms. The molecule has 0 aliphatic heterocycles. The first kappa shape index (κ1) is 13.7. The second-order valence-corrected chi connectivity index (χ2v) is 5.59. The van der Waals surface area contributed by atoms with Crippen molar-refractivity contribution in [1.29, 1.82) is 0 Å². The first-order chi connectivity index (χ1) is 7.98. The summed E-state index contributed by atoms with van der Waals surface area (Å²) in [5, 5.41) is 2.81. The highest BCUT2D eigenvalue weighted by Crippen LogP contribution is 2.19. The number of anilines is 1. The molecule has 0 radical (unpaired) electrons. The molecule has 1 amide bonds. The summed E-state index contributed by atoms with van der Waals surface area (Å²) in [6.45, 7) is 4.68. The molecule has 0 aliphatic carbocycles. The molecule has 0 aliphatic rings. The van der Waals surface area contributed by atoms with Crippen molar-refractivity contribution in [2.24, 2.45) is 5.84 Å². The van der Waals surface area contributed by atoms with Crippen LogP contribution >= 0.6 is 11.8 Å². The number of thioether (sulfide) groups is 1. The van der Waals surface area contributed by atoms with Crippen LogP contribution in [-0.2, 0) is 0 Å². The lowest BCUT2D eigenvalue weighted by molar-refractivity contribution is 0.0945. The third-order valence-electron chi connectivity index (χ3n) is 2.24. The van der Waals surface area contributed by atoms with Crippen molar-refractivity contribution in [1.82, 2.24) is 15.3 Å². The highest BCUT2D eigenvalue weighted by molar-refractivity contribution is 7.99. The van der Waals surface area contributed by atoms with Gasteiger partial charge in [-0.25, -0.2) is 10.8 Å². The van der Waals surface area contributed by atoms with Crippen LogP contribution in [0.5, 0.6) is 0 Å². The van der Waals surface area contributed by atoms with Crippen molar-refractivity contribution in [2.45, 2.75) is 18.6 Å². The molecule has 0 aromatic carbocycles. The molecule has 4 N–H and O–H groups in total. The SMILES string of the molecule is CSC(C)(C)CNC(=O)c1cncc(NN)n1. The Bertz CT molecular complexity index is 396. The van der Waals surface area contributed by atoms with E-state index in [1.54, 1.807) is 11.8 Å². The first-order valence-electron chi connectivity index (χ1n) is 5.10. The molecule has 94 valence electrons. The number of hydrazine groups is 1. The van der Waals surface area contributed by atoms with Crippen LogP contribution in [0.25, 0.3) is 0 Å². The predicted octanol–water partition coefficient (Wildman–Crippen LogP) is 0.634. The van der Waals surface area contributed by atoms with Gasteiger partial charge in [0.05, 0.1) is 12.4 Å². The number of nitrogens with one attached hydrogen (secondary N) is 2. The van der Waals surface area contributed by atoms with Crippen LogP contribution in [0.1, 0.15) is 24.3 Å². The molecule has 1 rings (SSSR count). The number of amides is 1. The predicted molar refractivity (Wildman–Crippen MR) is 69.8 cm³/mol. The van der Waals surface area contributed by atoms with Gasteiger partial charge in [0.2, 0.25) is 0 Å². The van der Waals surface area contributed by atoms with E-state index < -0.39 is 0 Å². The van der Waals surface area contributed by atoms with Crippen LogP contribution < -0.4 is 16.6 Å². The molecule has 0 spiro atoms. The van der Waals surface area contributed by atoms with Crippen LogP contribution in [-0.4, -0.2) is 33.4 Å². The van der Waals surface area contributed by atoms with Crippen molar-refractivity contribution >= 4 is 23.5 Å². The van der Waals surface area contributed by atoms with E-state index >= 15 is 0 Å². The van der Waals surface area contributed by atoms with Crippen molar-refractivity contribution in [3.05, 3.63) is 18.1 Å². The van der Waals surface area contributed by atoms with Gasteiger partial charge < -0.3 is 10.7 Å². The van der Waals surface area contributed by atoms with E-state index in [-0.39, 0.29) is 16.3 Å². The lowest BCUT2D eigenvalue weighted by atomic mass is 10.2. The molecule has 0 unspecified atom stereocenters. The third kappa shape index (κ3) is 4.20. The lowest BCUT2D eigenvalue weighted by Crippen LogP contribution is -2.36. The molecular formula is C10H17N5OS. The average Bonchev–Trinajstić information content (AvgIpc) is 2.36. The number of carbonyl (C=O) groups excluding carboxylic acids is 1. The summed E-state index contributed by atoms with van der Waals surface area (Å²) in [7, 11) is 0. The number of rotatable bonds is 5. The number of nitrogen functional groups attached to an aromatic ring is 1. The number of aromatic nitrogens is 2. The van der Waals surface area contributed by atoms with Gasteiger partial charge in [-0.3, -0.25) is 9.78 Å². The van der Waals surface area contributed by atoms with Crippen molar-refractivity contribution in [2.75, 3.05) is 18.2 Å². The summed E-state index contributed by atoms with van der Waals surface area (Å²) in [5.41, 5.74) is 2.60.